The van der Waals surface area contributed by atoms with Crippen LogP contribution in [0.25, 0.3) is 0 Å². The van der Waals surface area contributed by atoms with Crippen LogP contribution < -0.4 is 5.73 Å². The third kappa shape index (κ3) is 5.57. The van der Waals surface area contributed by atoms with E-state index < -0.39 is 18.1 Å². The Morgan fingerprint density at radius 3 is 2.68 bits per heavy atom. The fourth-order valence-corrected chi connectivity index (χ4v) is 2.43. The first-order chi connectivity index (χ1) is 10.4. The second-order valence-electron chi connectivity index (χ2n) is 6.22. The maximum atomic E-state index is 11.9. The summed E-state index contributed by atoms with van der Waals surface area (Å²) in [5.74, 6) is -1.03. The van der Waals surface area contributed by atoms with E-state index in [-0.39, 0.29) is 37.1 Å². The van der Waals surface area contributed by atoms with Crippen LogP contribution >= 0.6 is 0 Å². The molecule has 6 nitrogen and oxygen atoms in total. The van der Waals surface area contributed by atoms with E-state index in [2.05, 4.69) is 6.92 Å². The van der Waals surface area contributed by atoms with Crippen molar-refractivity contribution in [2.75, 3.05) is 13.2 Å². The second-order valence-corrected chi connectivity index (χ2v) is 6.22. The van der Waals surface area contributed by atoms with Crippen molar-refractivity contribution in [3.63, 3.8) is 0 Å². The minimum absolute atomic E-state index is 0.0712. The molecule has 22 heavy (non-hydrogen) atoms. The summed E-state index contributed by atoms with van der Waals surface area (Å²) in [6, 6.07) is -0.797. The summed E-state index contributed by atoms with van der Waals surface area (Å²) in [7, 11) is 0. The molecule has 0 aromatic carbocycles. The van der Waals surface area contributed by atoms with Crippen molar-refractivity contribution in [3.8, 4) is 0 Å². The molecule has 1 heterocycles. The van der Waals surface area contributed by atoms with E-state index in [9.17, 15) is 9.59 Å². The first-order valence-electron chi connectivity index (χ1n) is 8.11. The van der Waals surface area contributed by atoms with Crippen molar-refractivity contribution in [2.45, 2.75) is 65.2 Å². The van der Waals surface area contributed by atoms with Gasteiger partial charge in [-0.05, 0) is 13.3 Å². The molecule has 0 aromatic rings. The second kappa shape index (κ2) is 9.10. The third-order valence-electron chi connectivity index (χ3n) is 3.89. The van der Waals surface area contributed by atoms with Gasteiger partial charge in [-0.2, -0.15) is 0 Å². The van der Waals surface area contributed by atoms with Gasteiger partial charge in [-0.15, -0.1) is 0 Å². The molecule has 0 aliphatic carbocycles. The number of ether oxygens (including phenoxy) is 3. The lowest BCUT2D eigenvalue weighted by Crippen LogP contribution is -2.40. The van der Waals surface area contributed by atoms with Gasteiger partial charge in [-0.1, -0.05) is 33.6 Å². The summed E-state index contributed by atoms with van der Waals surface area (Å²) in [6.07, 6.45) is 2.00. The molecular weight excluding hydrogens is 286 g/mol. The van der Waals surface area contributed by atoms with Crippen LogP contribution in [0.4, 0.5) is 0 Å². The number of carbonyl (C=O) groups is 2. The zero-order valence-electron chi connectivity index (χ0n) is 14.0. The van der Waals surface area contributed by atoms with Gasteiger partial charge in [-0.3, -0.25) is 9.59 Å². The van der Waals surface area contributed by atoms with Gasteiger partial charge < -0.3 is 19.9 Å². The molecule has 0 saturated carbocycles. The predicted octanol–water partition coefficient (Wildman–Crippen LogP) is 1.65. The molecule has 1 rings (SSSR count). The molecule has 0 aromatic heterocycles. The number of hydrogen-bond donors (Lipinski definition) is 1. The van der Waals surface area contributed by atoms with Crippen molar-refractivity contribution >= 4 is 11.9 Å². The van der Waals surface area contributed by atoms with Crippen LogP contribution in [-0.4, -0.2) is 43.4 Å². The van der Waals surface area contributed by atoms with Gasteiger partial charge in [0.1, 0.15) is 18.2 Å². The van der Waals surface area contributed by atoms with Gasteiger partial charge in [-0.25, -0.2) is 0 Å². The minimum Gasteiger partial charge on any atom is -0.461 e. The van der Waals surface area contributed by atoms with Crippen LogP contribution in [0, 0.1) is 11.8 Å². The van der Waals surface area contributed by atoms with Gasteiger partial charge in [0.2, 0.25) is 0 Å². The van der Waals surface area contributed by atoms with Gasteiger partial charge in [0.25, 0.3) is 0 Å². The lowest BCUT2D eigenvalue weighted by atomic mass is 9.91. The van der Waals surface area contributed by atoms with Crippen molar-refractivity contribution < 1.29 is 23.8 Å². The van der Waals surface area contributed by atoms with E-state index in [0.29, 0.717) is 0 Å². The predicted molar refractivity (Wildman–Crippen MR) is 82.1 cm³/mol. The van der Waals surface area contributed by atoms with Gasteiger partial charge in [0.15, 0.2) is 0 Å². The van der Waals surface area contributed by atoms with E-state index in [4.69, 9.17) is 19.9 Å². The molecular formula is C16H29NO5. The third-order valence-corrected chi connectivity index (χ3v) is 3.89. The van der Waals surface area contributed by atoms with Crippen LogP contribution in [0.1, 0.15) is 47.0 Å². The molecule has 0 bridgehead atoms. The molecule has 4 atom stereocenters. The molecule has 1 aliphatic heterocycles. The Hall–Kier alpha value is -1.14. The van der Waals surface area contributed by atoms with Crippen molar-refractivity contribution in [3.05, 3.63) is 0 Å². The molecule has 0 spiro atoms. The maximum Gasteiger partial charge on any atom is 0.325 e. The van der Waals surface area contributed by atoms with Gasteiger partial charge in [0, 0.05) is 5.92 Å². The summed E-state index contributed by atoms with van der Waals surface area (Å²) in [4.78, 5) is 23.8. The lowest BCUT2D eigenvalue weighted by molar-refractivity contribution is -0.164. The Kier molecular flexibility index (Phi) is 7.82. The number of carbonyl (C=O) groups excluding carboxylic acids is 2. The molecule has 0 unspecified atom stereocenters. The van der Waals surface area contributed by atoms with Crippen molar-refractivity contribution in [2.24, 2.45) is 17.6 Å². The largest absolute Gasteiger partial charge is 0.461 e. The highest BCUT2D eigenvalue weighted by atomic mass is 16.6. The Bertz CT molecular complexity index is 372. The standard InChI is InChI=1S/C16H29NO5/c1-5-6-7-12-11(4)21-16(19)13(17)8-20-9-14(12)22-15(18)10(2)3/h10-14H,5-9,17H2,1-4H3/t11-,12-,13-,14-/m0/s1. The highest BCUT2D eigenvalue weighted by Crippen LogP contribution is 2.25. The van der Waals surface area contributed by atoms with E-state index in [0.717, 1.165) is 19.3 Å². The van der Waals surface area contributed by atoms with Gasteiger partial charge >= 0.3 is 11.9 Å². The molecule has 6 heteroatoms. The number of nitrogens with two attached hydrogens (primary N) is 1. The van der Waals surface area contributed by atoms with Crippen LogP contribution in [0.3, 0.4) is 0 Å². The molecule has 1 aliphatic rings. The maximum absolute atomic E-state index is 11.9. The van der Waals surface area contributed by atoms with Crippen molar-refractivity contribution in [1.29, 1.82) is 0 Å². The Balaban J connectivity index is 2.89. The Labute approximate surface area is 132 Å². The lowest BCUT2D eigenvalue weighted by Gasteiger charge is -2.30. The van der Waals surface area contributed by atoms with Crippen molar-refractivity contribution in [1.82, 2.24) is 0 Å². The Morgan fingerprint density at radius 1 is 1.41 bits per heavy atom. The molecule has 1 fully saturated rings. The zero-order chi connectivity index (χ0) is 16.7. The summed E-state index contributed by atoms with van der Waals surface area (Å²) in [5.41, 5.74) is 5.71. The van der Waals surface area contributed by atoms with E-state index >= 15 is 0 Å². The van der Waals surface area contributed by atoms with E-state index in [1.807, 2.05) is 6.92 Å². The molecule has 128 valence electrons. The summed E-state index contributed by atoms with van der Waals surface area (Å²) >= 11 is 0. The topological polar surface area (TPSA) is 87.8 Å². The first kappa shape index (κ1) is 18.9. The zero-order valence-corrected chi connectivity index (χ0v) is 14.0. The molecule has 2 N–H and O–H groups in total. The SMILES string of the molecule is CCCC[C@H]1[C@H](C)OC(=O)[C@@H](N)COC[C@@H]1OC(=O)C(C)C. The summed E-state index contributed by atoms with van der Waals surface area (Å²) in [5, 5.41) is 0. The highest BCUT2D eigenvalue weighted by molar-refractivity contribution is 5.75. The quantitative estimate of drug-likeness (QED) is 0.776. The average Bonchev–Trinajstić information content (AvgIpc) is 2.49. The van der Waals surface area contributed by atoms with Crippen LogP contribution in [0.2, 0.25) is 0 Å². The monoisotopic (exact) mass is 315 g/mol. The summed E-state index contributed by atoms with van der Waals surface area (Å²) in [6.45, 7) is 7.81. The minimum atomic E-state index is -0.797. The molecule has 0 amide bonds. The number of unbranched alkanes of at least 4 members (excludes halogenated alkanes) is 1. The molecule has 1 saturated heterocycles. The Morgan fingerprint density at radius 2 is 2.09 bits per heavy atom. The summed E-state index contributed by atoms with van der Waals surface area (Å²) < 4.78 is 16.5. The average molecular weight is 315 g/mol. The smallest absolute Gasteiger partial charge is 0.325 e. The number of rotatable bonds is 5. The number of hydrogen-bond acceptors (Lipinski definition) is 6. The van der Waals surface area contributed by atoms with Crippen LogP contribution in [-0.2, 0) is 23.8 Å². The number of esters is 2. The molecule has 0 radical (unpaired) electrons. The fourth-order valence-electron chi connectivity index (χ4n) is 2.43. The fraction of sp³-hybridized carbons (Fsp3) is 0.875. The van der Waals surface area contributed by atoms with E-state index in [1.165, 1.54) is 0 Å². The first-order valence-corrected chi connectivity index (χ1v) is 8.11. The normalized spacial score (nSPS) is 30.2. The number of cyclic esters (lactones) is 1. The highest BCUT2D eigenvalue weighted by Gasteiger charge is 2.35. The van der Waals surface area contributed by atoms with E-state index in [1.54, 1.807) is 13.8 Å². The van der Waals surface area contributed by atoms with Gasteiger partial charge in [0.05, 0.1) is 19.1 Å². The van der Waals surface area contributed by atoms with Crippen LogP contribution in [0.15, 0.2) is 0 Å². The van der Waals surface area contributed by atoms with Crippen LogP contribution in [0.5, 0.6) is 0 Å².